The predicted molar refractivity (Wildman–Crippen MR) is 104 cm³/mol. The van der Waals surface area contributed by atoms with Crippen molar-refractivity contribution in [2.75, 3.05) is 0 Å². The predicted octanol–water partition coefficient (Wildman–Crippen LogP) is 5.70. The van der Waals surface area contributed by atoms with Crippen LogP contribution in [0.15, 0.2) is 12.3 Å². The highest BCUT2D eigenvalue weighted by Gasteiger charge is 2.42. The summed E-state index contributed by atoms with van der Waals surface area (Å²) in [5, 5.41) is 0. The topological polar surface area (TPSA) is 27.7 Å². The standard InChI is InChI=1S/C18H38O3Si2/c1-8-22(9-2,10-3)20-17-14-15-19-16(7)18(17)21-23(11-4,12-5)13-6/h14-18H,8-13H2,1-7H3/t16-,17-,18-/m1/s1. The Morgan fingerprint density at radius 1 is 0.783 bits per heavy atom. The molecule has 0 spiro atoms. The minimum absolute atomic E-state index is 0.0445. The van der Waals surface area contributed by atoms with E-state index in [9.17, 15) is 0 Å². The van der Waals surface area contributed by atoms with Crippen molar-refractivity contribution in [1.29, 1.82) is 0 Å². The summed E-state index contributed by atoms with van der Waals surface area (Å²) in [6.07, 6.45) is 4.08. The first kappa shape index (κ1) is 20.9. The lowest BCUT2D eigenvalue weighted by atomic mass is 10.1. The van der Waals surface area contributed by atoms with Crippen LogP contribution in [-0.4, -0.2) is 34.9 Å². The lowest BCUT2D eigenvalue weighted by Gasteiger charge is -2.43. The Morgan fingerprint density at radius 2 is 1.22 bits per heavy atom. The maximum absolute atomic E-state index is 6.79. The van der Waals surface area contributed by atoms with Crippen LogP contribution in [0.2, 0.25) is 36.3 Å². The third-order valence-electron chi connectivity index (χ3n) is 5.99. The van der Waals surface area contributed by atoms with Gasteiger partial charge in [0.1, 0.15) is 12.2 Å². The van der Waals surface area contributed by atoms with Crippen LogP contribution in [0.25, 0.3) is 0 Å². The van der Waals surface area contributed by atoms with Gasteiger partial charge in [-0.25, -0.2) is 0 Å². The monoisotopic (exact) mass is 358 g/mol. The minimum Gasteiger partial charge on any atom is -0.496 e. The van der Waals surface area contributed by atoms with Gasteiger partial charge in [0.15, 0.2) is 16.6 Å². The van der Waals surface area contributed by atoms with E-state index in [-0.39, 0.29) is 18.3 Å². The van der Waals surface area contributed by atoms with Gasteiger partial charge in [-0.3, -0.25) is 0 Å². The third kappa shape index (κ3) is 4.94. The van der Waals surface area contributed by atoms with Gasteiger partial charge in [-0.2, -0.15) is 0 Å². The lowest BCUT2D eigenvalue weighted by Crippen LogP contribution is -2.53. The van der Waals surface area contributed by atoms with Crippen LogP contribution in [-0.2, 0) is 13.6 Å². The van der Waals surface area contributed by atoms with Crippen LogP contribution in [0.5, 0.6) is 0 Å². The largest absolute Gasteiger partial charge is 0.496 e. The molecule has 5 heteroatoms. The van der Waals surface area contributed by atoms with E-state index >= 15 is 0 Å². The average molecular weight is 359 g/mol. The normalized spacial score (nSPS) is 25.4. The molecule has 3 nitrogen and oxygen atoms in total. The van der Waals surface area contributed by atoms with Crippen LogP contribution in [0.3, 0.4) is 0 Å². The summed E-state index contributed by atoms with van der Waals surface area (Å²) in [5.74, 6) is 0. The molecule has 0 N–H and O–H groups in total. The van der Waals surface area contributed by atoms with Crippen LogP contribution in [0.4, 0.5) is 0 Å². The maximum Gasteiger partial charge on any atom is 0.193 e. The van der Waals surface area contributed by atoms with E-state index in [4.69, 9.17) is 13.6 Å². The fraction of sp³-hybridized carbons (Fsp3) is 0.889. The van der Waals surface area contributed by atoms with Crippen LogP contribution in [0.1, 0.15) is 48.5 Å². The second kappa shape index (κ2) is 9.40. The number of rotatable bonds is 10. The summed E-state index contributed by atoms with van der Waals surface area (Å²) < 4.78 is 19.3. The van der Waals surface area contributed by atoms with Crippen molar-refractivity contribution in [3.63, 3.8) is 0 Å². The fourth-order valence-electron chi connectivity index (χ4n) is 3.55. The second-order valence-electron chi connectivity index (χ2n) is 6.82. The van der Waals surface area contributed by atoms with Crippen molar-refractivity contribution in [2.24, 2.45) is 0 Å². The summed E-state index contributed by atoms with van der Waals surface area (Å²) in [5.41, 5.74) is 0. The molecule has 0 amide bonds. The fourth-order valence-corrected chi connectivity index (χ4v) is 9.24. The molecule has 0 aromatic heterocycles. The zero-order chi connectivity index (χ0) is 17.5. The van der Waals surface area contributed by atoms with Crippen molar-refractivity contribution in [1.82, 2.24) is 0 Å². The van der Waals surface area contributed by atoms with Crippen molar-refractivity contribution in [3.8, 4) is 0 Å². The van der Waals surface area contributed by atoms with Gasteiger partial charge in [-0.05, 0) is 49.3 Å². The van der Waals surface area contributed by atoms with Crippen molar-refractivity contribution in [2.45, 2.75) is 103 Å². The maximum atomic E-state index is 6.79. The van der Waals surface area contributed by atoms with E-state index in [1.165, 1.54) is 18.1 Å². The first-order valence-corrected chi connectivity index (χ1v) is 14.7. The highest BCUT2D eigenvalue weighted by Crippen LogP contribution is 2.32. The quantitative estimate of drug-likeness (QED) is 0.469. The Balaban J connectivity index is 2.99. The van der Waals surface area contributed by atoms with Gasteiger partial charge in [-0.15, -0.1) is 0 Å². The molecule has 136 valence electrons. The van der Waals surface area contributed by atoms with Crippen LogP contribution in [0, 0.1) is 0 Å². The van der Waals surface area contributed by atoms with E-state index in [0.717, 1.165) is 18.1 Å². The molecule has 0 saturated heterocycles. The Kier molecular flexibility index (Phi) is 8.55. The molecule has 0 saturated carbocycles. The third-order valence-corrected chi connectivity index (χ3v) is 15.3. The van der Waals surface area contributed by atoms with Gasteiger partial charge in [0.25, 0.3) is 0 Å². The highest BCUT2D eigenvalue weighted by molar-refractivity contribution is 6.74. The Hall–Kier alpha value is -0.106. The minimum atomic E-state index is -1.67. The Morgan fingerprint density at radius 3 is 1.65 bits per heavy atom. The molecule has 0 aromatic carbocycles. The van der Waals surface area contributed by atoms with E-state index in [1.54, 1.807) is 0 Å². The highest BCUT2D eigenvalue weighted by atomic mass is 28.4. The molecule has 0 radical (unpaired) electrons. The molecule has 0 aliphatic carbocycles. The summed E-state index contributed by atoms with van der Waals surface area (Å²) in [6.45, 7) is 15.8. The van der Waals surface area contributed by atoms with E-state index in [2.05, 4.69) is 54.5 Å². The molecule has 1 aliphatic heterocycles. The Bertz CT molecular complexity index is 349. The molecule has 0 aromatic rings. The molecule has 1 heterocycles. The number of hydrogen-bond acceptors (Lipinski definition) is 3. The van der Waals surface area contributed by atoms with Gasteiger partial charge in [-0.1, -0.05) is 41.5 Å². The summed E-state index contributed by atoms with van der Waals surface area (Å²) in [4.78, 5) is 0. The lowest BCUT2D eigenvalue weighted by molar-refractivity contribution is -0.0407. The summed E-state index contributed by atoms with van der Waals surface area (Å²) in [7, 11) is -3.33. The average Bonchev–Trinajstić information content (AvgIpc) is 2.60. The first-order valence-electron chi connectivity index (χ1n) is 9.63. The molecular formula is C18H38O3Si2. The second-order valence-corrected chi connectivity index (χ2v) is 16.3. The molecule has 0 bridgehead atoms. The first-order chi connectivity index (χ1) is 10.9. The Labute approximate surface area is 146 Å². The zero-order valence-corrected chi connectivity index (χ0v) is 18.4. The van der Waals surface area contributed by atoms with Gasteiger partial charge in [0.2, 0.25) is 0 Å². The van der Waals surface area contributed by atoms with Crippen molar-refractivity contribution in [3.05, 3.63) is 12.3 Å². The zero-order valence-electron chi connectivity index (χ0n) is 16.4. The molecule has 23 heavy (non-hydrogen) atoms. The van der Waals surface area contributed by atoms with Gasteiger partial charge < -0.3 is 13.6 Å². The van der Waals surface area contributed by atoms with Crippen molar-refractivity contribution >= 4 is 16.6 Å². The van der Waals surface area contributed by atoms with E-state index in [0.29, 0.717) is 0 Å². The molecule has 0 unspecified atom stereocenters. The SMILES string of the molecule is CC[Si](CC)(CC)O[C@@H]1[C@@H](C)OC=C[C@H]1O[Si](CC)(CC)CC. The van der Waals surface area contributed by atoms with Crippen LogP contribution >= 0.6 is 0 Å². The summed E-state index contributed by atoms with van der Waals surface area (Å²) in [6, 6.07) is 7.01. The molecular weight excluding hydrogens is 320 g/mol. The molecule has 1 aliphatic rings. The molecule has 1 rings (SSSR count). The van der Waals surface area contributed by atoms with Gasteiger partial charge in [0.05, 0.1) is 12.4 Å². The van der Waals surface area contributed by atoms with Crippen LogP contribution < -0.4 is 0 Å². The van der Waals surface area contributed by atoms with E-state index in [1.807, 2.05) is 6.26 Å². The number of hydrogen-bond donors (Lipinski definition) is 0. The van der Waals surface area contributed by atoms with E-state index < -0.39 is 16.6 Å². The molecule has 0 fully saturated rings. The van der Waals surface area contributed by atoms with Gasteiger partial charge in [0, 0.05) is 0 Å². The molecule has 3 atom stereocenters. The smallest absolute Gasteiger partial charge is 0.193 e. The number of ether oxygens (including phenoxy) is 1. The summed E-state index contributed by atoms with van der Waals surface area (Å²) >= 11 is 0. The van der Waals surface area contributed by atoms with Gasteiger partial charge >= 0.3 is 0 Å². The van der Waals surface area contributed by atoms with Crippen molar-refractivity contribution < 1.29 is 13.6 Å².